The molecule has 1 aliphatic heterocycles. The van der Waals surface area contributed by atoms with Gasteiger partial charge in [-0.2, -0.15) is 0 Å². The van der Waals surface area contributed by atoms with Gasteiger partial charge >= 0.3 is 11.8 Å². The third-order valence-electron chi connectivity index (χ3n) is 5.33. The standard InChI is InChI=1S/C22H25ClN2O5/c1-28-18-6-4-3-5-16(18)22(9-11-30-12-10-22)14-24-20(26)21(27)25-15-7-8-19(29-2)17(23)13-15/h3-8,13H,9-12,14H2,1-2H3,(H,24,26)(H,25,27). The molecule has 0 spiro atoms. The van der Waals surface area contributed by atoms with Crippen molar-refractivity contribution in [3.63, 3.8) is 0 Å². The molecule has 30 heavy (non-hydrogen) atoms. The molecule has 2 amide bonds. The summed E-state index contributed by atoms with van der Waals surface area (Å²) in [4.78, 5) is 24.9. The molecular weight excluding hydrogens is 408 g/mol. The molecule has 0 saturated carbocycles. The van der Waals surface area contributed by atoms with E-state index in [1.807, 2.05) is 24.3 Å². The van der Waals surface area contributed by atoms with Gasteiger partial charge in [0.05, 0.1) is 19.2 Å². The Morgan fingerprint density at radius 1 is 1.03 bits per heavy atom. The first kappa shape index (κ1) is 21.9. The van der Waals surface area contributed by atoms with Crippen molar-refractivity contribution in [2.45, 2.75) is 18.3 Å². The van der Waals surface area contributed by atoms with E-state index in [1.54, 1.807) is 19.2 Å². The van der Waals surface area contributed by atoms with Crippen molar-refractivity contribution in [3.8, 4) is 11.5 Å². The quantitative estimate of drug-likeness (QED) is 0.685. The summed E-state index contributed by atoms with van der Waals surface area (Å²) >= 11 is 6.07. The van der Waals surface area contributed by atoms with E-state index in [1.165, 1.54) is 13.2 Å². The highest BCUT2D eigenvalue weighted by atomic mass is 35.5. The fourth-order valence-corrected chi connectivity index (χ4v) is 3.91. The van der Waals surface area contributed by atoms with Crippen molar-refractivity contribution >= 4 is 29.1 Å². The van der Waals surface area contributed by atoms with Crippen LogP contribution in [0.25, 0.3) is 0 Å². The summed E-state index contributed by atoms with van der Waals surface area (Å²) in [7, 11) is 3.12. The van der Waals surface area contributed by atoms with E-state index in [-0.39, 0.29) is 5.41 Å². The van der Waals surface area contributed by atoms with Crippen LogP contribution in [0.1, 0.15) is 18.4 Å². The molecule has 7 nitrogen and oxygen atoms in total. The summed E-state index contributed by atoms with van der Waals surface area (Å²) in [5, 5.41) is 5.68. The van der Waals surface area contributed by atoms with Gasteiger partial charge in [-0.25, -0.2) is 0 Å². The smallest absolute Gasteiger partial charge is 0.313 e. The number of halogens is 1. The zero-order valence-corrected chi connectivity index (χ0v) is 17.8. The van der Waals surface area contributed by atoms with E-state index >= 15 is 0 Å². The second kappa shape index (κ2) is 9.82. The molecular formula is C22H25ClN2O5. The monoisotopic (exact) mass is 432 g/mol. The summed E-state index contributed by atoms with van der Waals surface area (Å²) in [6.07, 6.45) is 1.42. The number of carbonyl (C=O) groups excluding carboxylic acids is 2. The number of nitrogens with one attached hydrogen (secondary N) is 2. The predicted octanol–water partition coefficient (Wildman–Crippen LogP) is 3.16. The lowest BCUT2D eigenvalue weighted by atomic mass is 9.73. The van der Waals surface area contributed by atoms with Gasteiger partial charge in [0.15, 0.2) is 0 Å². The number of hydrogen-bond acceptors (Lipinski definition) is 5. The molecule has 1 fully saturated rings. The lowest BCUT2D eigenvalue weighted by molar-refractivity contribution is -0.136. The Labute approximate surface area is 180 Å². The molecule has 0 bridgehead atoms. The molecule has 2 aromatic carbocycles. The van der Waals surface area contributed by atoms with Crippen molar-refractivity contribution in [2.24, 2.45) is 0 Å². The van der Waals surface area contributed by atoms with Crippen LogP contribution in [0.4, 0.5) is 5.69 Å². The van der Waals surface area contributed by atoms with Gasteiger partial charge < -0.3 is 24.8 Å². The minimum atomic E-state index is -0.765. The Morgan fingerprint density at radius 3 is 2.40 bits per heavy atom. The van der Waals surface area contributed by atoms with Gasteiger partial charge in [-0.3, -0.25) is 9.59 Å². The maximum atomic E-state index is 12.5. The van der Waals surface area contributed by atoms with E-state index in [0.717, 1.165) is 11.3 Å². The molecule has 2 N–H and O–H groups in total. The van der Waals surface area contributed by atoms with Crippen LogP contribution in [0.15, 0.2) is 42.5 Å². The van der Waals surface area contributed by atoms with Crippen molar-refractivity contribution in [1.82, 2.24) is 5.32 Å². The number of rotatable bonds is 6. The average molecular weight is 433 g/mol. The van der Waals surface area contributed by atoms with Crippen LogP contribution in [0.3, 0.4) is 0 Å². The second-order valence-electron chi connectivity index (χ2n) is 7.08. The number of anilines is 1. The zero-order valence-electron chi connectivity index (χ0n) is 17.0. The van der Waals surface area contributed by atoms with Gasteiger partial charge in [0.1, 0.15) is 11.5 Å². The first-order valence-corrected chi connectivity index (χ1v) is 10.0. The molecule has 0 aromatic heterocycles. The molecule has 1 heterocycles. The van der Waals surface area contributed by atoms with Crippen LogP contribution in [0.5, 0.6) is 11.5 Å². The average Bonchev–Trinajstić information content (AvgIpc) is 2.78. The number of para-hydroxylation sites is 1. The maximum absolute atomic E-state index is 12.5. The maximum Gasteiger partial charge on any atom is 0.313 e. The number of hydrogen-bond donors (Lipinski definition) is 2. The molecule has 160 valence electrons. The fraction of sp³-hybridized carbons (Fsp3) is 0.364. The van der Waals surface area contributed by atoms with Gasteiger partial charge in [0.2, 0.25) is 0 Å². The first-order chi connectivity index (χ1) is 14.5. The Balaban J connectivity index is 1.70. The molecule has 2 aromatic rings. The Kier molecular flexibility index (Phi) is 7.18. The van der Waals surface area contributed by atoms with Crippen molar-refractivity contribution in [3.05, 3.63) is 53.1 Å². The summed E-state index contributed by atoms with van der Waals surface area (Å²) in [6.45, 7) is 1.45. The third-order valence-corrected chi connectivity index (χ3v) is 5.63. The van der Waals surface area contributed by atoms with E-state index < -0.39 is 11.8 Å². The number of carbonyl (C=O) groups is 2. The van der Waals surface area contributed by atoms with Crippen molar-refractivity contribution in [1.29, 1.82) is 0 Å². The van der Waals surface area contributed by atoms with E-state index in [2.05, 4.69) is 10.6 Å². The highest BCUT2D eigenvalue weighted by Gasteiger charge is 2.37. The van der Waals surface area contributed by atoms with Crippen LogP contribution in [-0.2, 0) is 19.7 Å². The largest absolute Gasteiger partial charge is 0.496 e. The highest BCUT2D eigenvalue weighted by Crippen LogP contribution is 2.39. The van der Waals surface area contributed by atoms with E-state index in [9.17, 15) is 9.59 Å². The molecule has 1 saturated heterocycles. The van der Waals surface area contributed by atoms with Crippen molar-refractivity contribution in [2.75, 3.05) is 39.3 Å². The van der Waals surface area contributed by atoms with Crippen LogP contribution < -0.4 is 20.1 Å². The first-order valence-electron chi connectivity index (χ1n) is 9.63. The zero-order chi connectivity index (χ0) is 21.6. The minimum absolute atomic E-state index is 0.298. The molecule has 3 rings (SSSR count). The predicted molar refractivity (Wildman–Crippen MR) is 114 cm³/mol. The number of ether oxygens (including phenoxy) is 3. The van der Waals surface area contributed by atoms with Crippen LogP contribution in [-0.4, -0.2) is 45.8 Å². The molecule has 0 radical (unpaired) electrons. The van der Waals surface area contributed by atoms with Gasteiger partial charge in [-0.15, -0.1) is 0 Å². The highest BCUT2D eigenvalue weighted by molar-refractivity contribution is 6.40. The summed E-state index contributed by atoms with van der Waals surface area (Å²) in [5.41, 5.74) is 1.04. The van der Waals surface area contributed by atoms with E-state index in [4.69, 9.17) is 25.8 Å². The molecule has 0 aliphatic carbocycles. The number of benzene rings is 2. The molecule has 0 atom stereocenters. The van der Waals surface area contributed by atoms with Gasteiger partial charge in [-0.1, -0.05) is 29.8 Å². The minimum Gasteiger partial charge on any atom is -0.496 e. The normalized spacial score (nSPS) is 15.2. The van der Waals surface area contributed by atoms with Crippen LogP contribution in [0, 0.1) is 0 Å². The van der Waals surface area contributed by atoms with Gasteiger partial charge in [0, 0.05) is 36.4 Å². The van der Waals surface area contributed by atoms with Crippen LogP contribution >= 0.6 is 11.6 Å². The Morgan fingerprint density at radius 2 is 1.73 bits per heavy atom. The Bertz CT molecular complexity index is 912. The second-order valence-corrected chi connectivity index (χ2v) is 7.49. The summed E-state index contributed by atoms with van der Waals surface area (Å²) in [6, 6.07) is 12.5. The number of amides is 2. The molecule has 0 unspecified atom stereocenters. The van der Waals surface area contributed by atoms with Crippen molar-refractivity contribution < 1.29 is 23.8 Å². The van der Waals surface area contributed by atoms with Crippen LogP contribution in [0.2, 0.25) is 5.02 Å². The molecule has 8 heteroatoms. The number of methoxy groups -OCH3 is 2. The third kappa shape index (κ3) is 4.86. The van der Waals surface area contributed by atoms with Gasteiger partial charge in [-0.05, 0) is 37.1 Å². The van der Waals surface area contributed by atoms with E-state index in [0.29, 0.717) is 49.1 Å². The summed E-state index contributed by atoms with van der Waals surface area (Å²) in [5.74, 6) is -0.246. The summed E-state index contributed by atoms with van der Waals surface area (Å²) < 4.78 is 16.1. The topological polar surface area (TPSA) is 85.9 Å². The fourth-order valence-electron chi connectivity index (χ4n) is 3.65. The molecule has 1 aliphatic rings. The lowest BCUT2D eigenvalue weighted by Crippen LogP contribution is -2.47. The SMILES string of the molecule is COc1ccc(NC(=O)C(=O)NCC2(c3ccccc3OC)CCOCC2)cc1Cl. The Hall–Kier alpha value is -2.77. The lowest BCUT2D eigenvalue weighted by Gasteiger charge is -2.38. The van der Waals surface area contributed by atoms with Gasteiger partial charge in [0.25, 0.3) is 0 Å².